The number of para-hydroxylation sites is 1. The van der Waals surface area contributed by atoms with Gasteiger partial charge in [-0.1, -0.05) is 25.1 Å². The number of benzene rings is 1. The van der Waals surface area contributed by atoms with Gasteiger partial charge < -0.3 is 10.2 Å². The molecule has 1 aliphatic heterocycles. The van der Waals surface area contributed by atoms with E-state index < -0.39 is 0 Å². The Morgan fingerprint density at radius 2 is 1.89 bits per heavy atom. The number of rotatable bonds is 4. The summed E-state index contributed by atoms with van der Waals surface area (Å²) in [6.45, 7) is 13.6. The molecule has 0 bridgehead atoms. The van der Waals surface area contributed by atoms with Gasteiger partial charge >= 0.3 is 0 Å². The summed E-state index contributed by atoms with van der Waals surface area (Å²) < 4.78 is 0. The van der Waals surface area contributed by atoms with Crippen molar-refractivity contribution >= 4 is 5.69 Å². The second kappa shape index (κ2) is 5.54. The van der Waals surface area contributed by atoms with Gasteiger partial charge in [-0.3, -0.25) is 0 Å². The molecule has 1 aliphatic rings. The molecule has 0 aliphatic carbocycles. The van der Waals surface area contributed by atoms with Crippen LogP contribution in [-0.2, 0) is 6.42 Å². The van der Waals surface area contributed by atoms with E-state index in [9.17, 15) is 0 Å². The maximum Gasteiger partial charge on any atom is 0.0402 e. The Balaban J connectivity index is 1.99. The second-order valence-electron chi connectivity index (χ2n) is 6.92. The average molecular weight is 260 g/mol. The number of anilines is 1. The van der Waals surface area contributed by atoms with Crippen molar-refractivity contribution in [1.29, 1.82) is 0 Å². The predicted octanol–water partition coefficient (Wildman–Crippen LogP) is 3.46. The average Bonchev–Trinajstić information content (AvgIpc) is 2.78. The summed E-state index contributed by atoms with van der Waals surface area (Å²) in [5.41, 5.74) is 3.15. The van der Waals surface area contributed by atoms with Gasteiger partial charge in [0.25, 0.3) is 0 Å². The summed E-state index contributed by atoms with van der Waals surface area (Å²) in [7, 11) is 0. The maximum absolute atomic E-state index is 3.62. The van der Waals surface area contributed by atoms with E-state index in [0.717, 1.165) is 6.54 Å². The molecule has 0 saturated heterocycles. The van der Waals surface area contributed by atoms with Gasteiger partial charge in [-0.25, -0.2) is 0 Å². The molecule has 2 rings (SSSR count). The summed E-state index contributed by atoms with van der Waals surface area (Å²) in [6, 6.07) is 9.42. The Hall–Kier alpha value is -1.02. The van der Waals surface area contributed by atoms with Gasteiger partial charge in [0, 0.05) is 30.4 Å². The normalized spacial score (nSPS) is 18.3. The van der Waals surface area contributed by atoms with E-state index in [1.807, 2.05) is 0 Å². The van der Waals surface area contributed by atoms with Crippen LogP contribution in [0, 0.1) is 5.92 Å². The van der Waals surface area contributed by atoms with Crippen LogP contribution in [0.4, 0.5) is 5.69 Å². The lowest BCUT2D eigenvalue weighted by Crippen LogP contribution is -2.45. The van der Waals surface area contributed by atoms with Crippen molar-refractivity contribution < 1.29 is 0 Å². The predicted molar refractivity (Wildman–Crippen MR) is 83.9 cm³/mol. The molecule has 1 aromatic carbocycles. The van der Waals surface area contributed by atoms with Crippen LogP contribution < -0.4 is 10.2 Å². The second-order valence-corrected chi connectivity index (χ2v) is 6.92. The molecule has 0 fully saturated rings. The standard InChI is InChI=1S/C17H28N2/c1-13(12-18-17(3,4)5)14(2)19-11-10-15-8-6-7-9-16(15)19/h6-9,13-14,18H,10-12H2,1-5H3. The zero-order valence-electron chi connectivity index (χ0n) is 13.0. The van der Waals surface area contributed by atoms with Gasteiger partial charge in [-0.15, -0.1) is 0 Å². The molecule has 1 aromatic rings. The first-order valence-electron chi connectivity index (χ1n) is 7.48. The summed E-state index contributed by atoms with van der Waals surface area (Å²) in [6.07, 6.45) is 1.19. The van der Waals surface area contributed by atoms with Crippen LogP contribution in [0.3, 0.4) is 0 Å². The smallest absolute Gasteiger partial charge is 0.0402 e. The van der Waals surface area contributed by atoms with Crippen molar-refractivity contribution in [2.75, 3.05) is 18.0 Å². The first-order chi connectivity index (χ1) is 8.88. The highest BCUT2D eigenvalue weighted by molar-refractivity contribution is 5.58. The lowest BCUT2D eigenvalue weighted by Gasteiger charge is -2.34. The largest absolute Gasteiger partial charge is 0.368 e. The van der Waals surface area contributed by atoms with Crippen molar-refractivity contribution in [3.63, 3.8) is 0 Å². The van der Waals surface area contributed by atoms with E-state index in [-0.39, 0.29) is 5.54 Å². The van der Waals surface area contributed by atoms with Gasteiger partial charge in [0.05, 0.1) is 0 Å². The van der Waals surface area contributed by atoms with Gasteiger partial charge in [-0.2, -0.15) is 0 Å². The molecule has 0 spiro atoms. The summed E-state index contributed by atoms with van der Waals surface area (Å²) >= 11 is 0. The topological polar surface area (TPSA) is 15.3 Å². The Morgan fingerprint density at radius 1 is 1.21 bits per heavy atom. The van der Waals surface area contributed by atoms with Crippen LogP contribution in [0.1, 0.15) is 40.2 Å². The van der Waals surface area contributed by atoms with Crippen molar-refractivity contribution in [3.8, 4) is 0 Å². The lowest BCUT2D eigenvalue weighted by molar-refractivity contribution is 0.352. The molecule has 1 N–H and O–H groups in total. The minimum Gasteiger partial charge on any atom is -0.368 e. The van der Waals surface area contributed by atoms with E-state index >= 15 is 0 Å². The number of hydrogen-bond acceptors (Lipinski definition) is 2. The Bertz CT molecular complexity index is 420. The van der Waals surface area contributed by atoms with E-state index in [2.05, 4.69) is 69.1 Å². The zero-order chi connectivity index (χ0) is 14.0. The molecule has 2 nitrogen and oxygen atoms in total. The quantitative estimate of drug-likeness (QED) is 0.892. The Labute approximate surface area is 118 Å². The fraction of sp³-hybridized carbons (Fsp3) is 0.647. The van der Waals surface area contributed by atoms with Crippen LogP contribution in [0.5, 0.6) is 0 Å². The van der Waals surface area contributed by atoms with Crippen molar-refractivity contribution in [2.45, 2.75) is 52.6 Å². The van der Waals surface area contributed by atoms with Crippen LogP contribution in [0.15, 0.2) is 24.3 Å². The molecule has 2 heteroatoms. The first kappa shape index (κ1) is 14.4. The summed E-state index contributed by atoms with van der Waals surface area (Å²) in [5.74, 6) is 0.644. The van der Waals surface area contributed by atoms with Crippen molar-refractivity contribution in [2.24, 2.45) is 5.92 Å². The minimum atomic E-state index is 0.205. The van der Waals surface area contributed by atoms with Gasteiger partial charge in [0.1, 0.15) is 0 Å². The molecule has 2 atom stereocenters. The molecule has 0 radical (unpaired) electrons. The van der Waals surface area contributed by atoms with Crippen LogP contribution in [0.2, 0.25) is 0 Å². The highest BCUT2D eigenvalue weighted by atomic mass is 15.2. The first-order valence-corrected chi connectivity index (χ1v) is 7.48. The van der Waals surface area contributed by atoms with E-state index in [1.165, 1.54) is 24.2 Å². The Morgan fingerprint density at radius 3 is 2.58 bits per heavy atom. The van der Waals surface area contributed by atoms with E-state index in [1.54, 1.807) is 0 Å². The van der Waals surface area contributed by atoms with Crippen molar-refractivity contribution in [1.82, 2.24) is 5.32 Å². The highest BCUT2D eigenvalue weighted by Gasteiger charge is 2.26. The molecule has 0 aromatic heterocycles. The van der Waals surface area contributed by atoms with Crippen LogP contribution in [-0.4, -0.2) is 24.7 Å². The number of fused-ring (bicyclic) bond motifs is 1. The molecule has 106 valence electrons. The third kappa shape index (κ3) is 3.50. The summed E-state index contributed by atoms with van der Waals surface area (Å²) in [4.78, 5) is 2.57. The number of nitrogens with zero attached hydrogens (tertiary/aromatic N) is 1. The monoisotopic (exact) mass is 260 g/mol. The molecule has 0 saturated carbocycles. The molecule has 2 unspecified atom stereocenters. The number of hydrogen-bond donors (Lipinski definition) is 1. The minimum absolute atomic E-state index is 0.205. The lowest BCUT2D eigenvalue weighted by atomic mass is 9.99. The maximum atomic E-state index is 3.62. The fourth-order valence-electron chi connectivity index (χ4n) is 2.73. The number of nitrogens with one attached hydrogen (secondary N) is 1. The summed E-state index contributed by atoms with van der Waals surface area (Å²) in [5, 5.41) is 3.62. The highest BCUT2D eigenvalue weighted by Crippen LogP contribution is 2.31. The molecule has 19 heavy (non-hydrogen) atoms. The third-order valence-electron chi connectivity index (χ3n) is 4.19. The van der Waals surface area contributed by atoms with Crippen molar-refractivity contribution in [3.05, 3.63) is 29.8 Å². The SMILES string of the molecule is CC(CNC(C)(C)C)C(C)N1CCc2ccccc21. The fourth-order valence-corrected chi connectivity index (χ4v) is 2.73. The van der Waals surface area contributed by atoms with Gasteiger partial charge in [-0.05, 0) is 51.7 Å². The Kier molecular flexibility index (Phi) is 4.19. The van der Waals surface area contributed by atoms with Crippen LogP contribution >= 0.6 is 0 Å². The molecule has 1 heterocycles. The zero-order valence-corrected chi connectivity index (χ0v) is 13.0. The van der Waals surface area contributed by atoms with E-state index in [4.69, 9.17) is 0 Å². The van der Waals surface area contributed by atoms with E-state index in [0.29, 0.717) is 12.0 Å². The van der Waals surface area contributed by atoms with Gasteiger partial charge in [0.15, 0.2) is 0 Å². The molecular weight excluding hydrogens is 232 g/mol. The molecular formula is C17H28N2. The van der Waals surface area contributed by atoms with Crippen LogP contribution in [0.25, 0.3) is 0 Å². The molecule has 0 amide bonds. The van der Waals surface area contributed by atoms with Gasteiger partial charge in [0.2, 0.25) is 0 Å². The third-order valence-corrected chi connectivity index (χ3v) is 4.19.